The first-order chi connectivity index (χ1) is 9.83. The van der Waals surface area contributed by atoms with Crippen LogP contribution in [0.4, 0.5) is 0 Å². The van der Waals surface area contributed by atoms with Crippen LogP contribution in [0.3, 0.4) is 0 Å². The molecular formula is C17H25NO2. The Morgan fingerprint density at radius 1 is 1.15 bits per heavy atom. The third-order valence-corrected chi connectivity index (χ3v) is 4.59. The van der Waals surface area contributed by atoms with E-state index < -0.39 is 0 Å². The van der Waals surface area contributed by atoms with Crippen molar-refractivity contribution in [1.82, 2.24) is 5.32 Å². The molecule has 0 aromatic heterocycles. The normalized spacial score (nSPS) is 24.4. The van der Waals surface area contributed by atoms with Crippen molar-refractivity contribution in [2.45, 2.75) is 51.2 Å². The van der Waals surface area contributed by atoms with Gasteiger partial charge in [-0.25, -0.2) is 0 Å². The maximum atomic E-state index is 5.98. The molecule has 1 aliphatic heterocycles. The van der Waals surface area contributed by atoms with Crippen molar-refractivity contribution in [1.29, 1.82) is 0 Å². The van der Waals surface area contributed by atoms with Gasteiger partial charge >= 0.3 is 0 Å². The quantitative estimate of drug-likeness (QED) is 0.913. The molecule has 20 heavy (non-hydrogen) atoms. The summed E-state index contributed by atoms with van der Waals surface area (Å²) in [5.74, 6) is 2.57. The Bertz CT molecular complexity index is 429. The Hall–Kier alpha value is -1.22. The van der Waals surface area contributed by atoms with Gasteiger partial charge in [0.1, 0.15) is 12.7 Å². The number of fused-ring (bicyclic) bond motifs is 1. The van der Waals surface area contributed by atoms with E-state index in [4.69, 9.17) is 9.47 Å². The molecule has 1 fully saturated rings. The molecule has 2 aliphatic rings. The lowest BCUT2D eigenvalue weighted by Crippen LogP contribution is -2.44. The third kappa shape index (κ3) is 3.26. The number of nitrogens with one attached hydrogen (secondary N) is 1. The van der Waals surface area contributed by atoms with E-state index >= 15 is 0 Å². The van der Waals surface area contributed by atoms with Gasteiger partial charge in [0.15, 0.2) is 11.5 Å². The van der Waals surface area contributed by atoms with Crippen LogP contribution in [0.25, 0.3) is 0 Å². The van der Waals surface area contributed by atoms with Crippen molar-refractivity contribution in [2.75, 3.05) is 13.2 Å². The number of hydrogen-bond donors (Lipinski definition) is 1. The van der Waals surface area contributed by atoms with Crippen molar-refractivity contribution in [3.63, 3.8) is 0 Å². The van der Waals surface area contributed by atoms with Crippen LogP contribution in [0.15, 0.2) is 24.3 Å². The SMILES string of the molecule is CC(NCC1COc2ccccc2O1)C1CCCCC1. The lowest BCUT2D eigenvalue weighted by molar-refractivity contribution is 0.0857. The van der Waals surface area contributed by atoms with Gasteiger partial charge in [0.05, 0.1) is 0 Å². The molecule has 3 nitrogen and oxygen atoms in total. The van der Waals surface area contributed by atoms with E-state index in [9.17, 15) is 0 Å². The van der Waals surface area contributed by atoms with Gasteiger partial charge in [-0.1, -0.05) is 31.4 Å². The number of ether oxygens (including phenoxy) is 2. The van der Waals surface area contributed by atoms with Gasteiger partial charge in [0, 0.05) is 12.6 Å². The summed E-state index contributed by atoms with van der Waals surface area (Å²) in [6.07, 6.45) is 7.08. The molecule has 0 bridgehead atoms. The van der Waals surface area contributed by atoms with Crippen molar-refractivity contribution in [3.05, 3.63) is 24.3 Å². The second-order valence-corrected chi connectivity index (χ2v) is 6.09. The predicted molar refractivity (Wildman–Crippen MR) is 80.4 cm³/mol. The van der Waals surface area contributed by atoms with E-state index in [-0.39, 0.29) is 6.10 Å². The summed E-state index contributed by atoms with van der Waals surface area (Å²) in [5, 5.41) is 3.65. The topological polar surface area (TPSA) is 30.5 Å². The molecule has 3 rings (SSSR count). The maximum Gasteiger partial charge on any atom is 0.161 e. The zero-order chi connectivity index (χ0) is 13.8. The standard InChI is InChI=1S/C17H25NO2/c1-13(14-7-3-2-4-8-14)18-11-15-12-19-16-9-5-6-10-17(16)20-15/h5-6,9-10,13-15,18H,2-4,7-8,11-12H2,1H3. The highest BCUT2D eigenvalue weighted by Gasteiger charge is 2.23. The molecule has 2 unspecified atom stereocenters. The molecular weight excluding hydrogens is 250 g/mol. The number of benzene rings is 1. The molecule has 0 saturated heterocycles. The first-order valence-electron chi connectivity index (χ1n) is 7.95. The van der Waals surface area contributed by atoms with Crippen LogP contribution < -0.4 is 14.8 Å². The Morgan fingerprint density at radius 2 is 1.90 bits per heavy atom. The highest BCUT2D eigenvalue weighted by Crippen LogP contribution is 2.31. The number of para-hydroxylation sites is 2. The average Bonchev–Trinajstić information content (AvgIpc) is 2.53. The van der Waals surface area contributed by atoms with Crippen molar-refractivity contribution in [3.8, 4) is 11.5 Å². The van der Waals surface area contributed by atoms with E-state index in [0.717, 1.165) is 24.0 Å². The lowest BCUT2D eigenvalue weighted by atomic mass is 9.84. The lowest BCUT2D eigenvalue weighted by Gasteiger charge is -2.31. The molecule has 1 heterocycles. The minimum atomic E-state index is 0.121. The van der Waals surface area contributed by atoms with E-state index in [1.54, 1.807) is 0 Å². The van der Waals surface area contributed by atoms with Crippen molar-refractivity contribution >= 4 is 0 Å². The molecule has 2 atom stereocenters. The zero-order valence-corrected chi connectivity index (χ0v) is 12.3. The first-order valence-corrected chi connectivity index (χ1v) is 7.95. The van der Waals surface area contributed by atoms with Gasteiger partial charge in [-0.15, -0.1) is 0 Å². The van der Waals surface area contributed by atoms with E-state index in [1.807, 2.05) is 24.3 Å². The highest BCUT2D eigenvalue weighted by molar-refractivity contribution is 5.40. The Kier molecular flexibility index (Phi) is 4.46. The molecule has 1 N–H and O–H groups in total. The highest BCUT2D eigenvalue weighted by atomic mass is 16.6. The summed E-state index contributed by atoms with van der Waals surface area (Å²) in [7, 11) is 0. The van der Waals surface area contributed by atoms with Gasteiger partial charge in [-0.2, -0.15) is 0 Å². The molecule has 110 valence electrons. The fourth-order valence-electron chi connectivity index (χ4n) is 3.28. The summed E-state index contributed by atoms with van der Waals surface area (Å²) in [6, 6.07) is 8.49. The summed E-state index contributed by atoms with van der Waals surface area (Å²) >= 11 is 0. The van der Waals surface area contributed by atoms with Gasteiger partial charge < -0.3 is 14.8 Å². The molecule has 1 saturated carbocycles. The van der Waals surface area contributed by atoms with Crippen LogP contribution in [0.1, 0.15) is 39.0 Å². The summed E-state index contributed by atoms with van der Waals surface area (Å²) in [6.45, 7) is 3.82. The van der Waals surface area contributed by atoms with E-state index in [0.29, 0.717) is 12.6 Å². The van der Waals surface area contributed by atoms with Gasteiger partial charge in [0.25, 0.3) is 0 Å². The van der Waals surface area contributed by atoms with Crippen LogP contribution >= 0.6 is 0 Å². The molecule has 3 heteroatoms. The molecule has 0 spiro atoms. The Balaban J connectivity index is 1.47. The smallest absolute Gasteiger partial charge is 0.161 e. The molecule has 0 radical (unpaired) electrons. The van der Waals surface area contributed by atoms with Gasteiger partial charge in [-0.05, 0) is 37.8 Å². The fourth-order valence-corrected chi connectivity index (χ4v) is 3.28. The maximum absolute atomic E-state index is 5.98. The molecule has 1 aromatic carbocycles. The summed E-state index contributed by atoms with van der Waals surface area (Å²) in [5.41, 5.74) is 0. The average molecular weight is 275 g/mol. The largest absolute Gasteiger partial charge is 0.486 e. The van der Waals surface area contributed by atoms with E-state index in [1.165, 1.54) is 32.1 Å². The zero-order valence-electron chi connectivity index (χ0n) is 12.3. The second kappa shape index (κ2) is 6.49. The predicted octanol–water partition coefficient (Wildman–Crippen LogP) is 3.38. The molecule has 1 aliphatic carbocycles. The van der Waals surface area contributed by atoms with Crippen LogP contribution in [0.5, 0.6) is 11.5 Å². The second-order valence-electron chi connectivity index (χ2n) is 6.09. The fraction of sp³-hybridized carbons (Fsp3) is 0.647. The monoisotopic (exact) mass is 275 g/mol. The number of hydrogen-bond acceptors (Lipinski definition) is 3. The van der Waals surface area contributed by atoms with Crippen LogP contribution in [-0.2, 0) is 0 Å². The van der Waals surface area contributed by atoms with Crippen molar-refractivity contribution < 1.29 is 9.47 Å². The molecule has 1 aromatic rings. The first kappa shape index (κ1) is 13.7. The number of rotatable bonds is 4. The third-order valence-electron chi connectivity index (χ3n) is 4.59. The Labute approximate surface area is 121 Å². The van der Waals surface area contributed by atoms with Crippen LogP contribution in [0.2, 0.25) is 0 Å². The van der Waals surface area contributed by atoms with Crippen molar-refractivity contribution in [2.24, 2.45) is 5.92 Å². The summed E-state index contributed by atoms with van der Waals surface area (Å²) in [4.78, 5) is 0. The van der Waals surface area contributed by atoms with Gasteiger partial charge in [0.2, 0.25) is 0 Å². The summed E-state index contributed by atoms with van der Waals surface area (Å²) < 4.78 is 11.7. The van der Waals surface area contributed by atoms with Crippen LogP contribution in [0, 0.1) is 5.92 Å². The van der Waals surface area contributed by atoms with Crippen LogP contribution in [-0.4, -0.2) is 25.3 Å². The van der Waals surface area contributed by atoms with E-state index in [2.05, 4.69) is 12.2 Å². The molecule has 0 amide bonds. The minimum absolute atomic E-state index is 0.121. The minimum Gasteiger partial charge on any atom is -0.486 e. The Morgan fingerprint density at radius 3 is 2.70 bits per heavy atom. The van der Waals surface area contributed by atoms with Gasteiger partial charge in [-0.3, -0.25) is 0 Å².